The van der Waals surface area contributed by atoms with E-state index >= 15 is 0 Å². The van der Waals surface area contributed by atoms with Crippen molar-refractivity contribution < 1.29 is 5.11 Å². The van der Waals surface area contributed by atoms with Gasteiger partial charge in [0.2, 0.25) is 0 Å². The molecule has 3 nitrogen and oxygen atoms in total. The van der Waals surface area contributed by atoms with Gasteiger partial charge in [0.15, 0.2) is 0 Å². The molecular weight excluding hydrogens is 236 g/mol. The molecule has 2 aromatic carbocycles. The number of rotatable bonds is 3. The molecule has 0 spiro atoms. The predicted molar refractivity (Wildman–Crippen MR) is 77.2 cm³/mol. The van der Waals surface area contributed by atoms with Crippen LogP contribution < -0.4 is 5.32 Å². The summed E-state index contributed by atoms with van der Waals surface area (Å²) in [6.45, 7) is 0.653. The van der Waals surface area contributed by atoms with Gasteiger partial charge in [-0.25, -0.2) is 0 Å². The van der Waals surface area contributed by atoms with E-state index in [-0.39, 0.29) is 5.75 Å². The van der Waals surface area contributed by atoms with Gasteiger partial charge in [-0.15, -0.1) is 0 Å². The first-order valence-corrected chi connectivity index (χ1v) is 6.19. The average Bonchev–Trinajstić information content (AvgIpc) is 2.46. The number of phenolic OH excluding ortho intramolecular Hbond substituents is 1. The molecule has 2 N–H and O–H groups in total. The Labute approximate surface area is 111 Å². The highest BCUT2D eigenvalue weighted by atomic mass is 16.3. The second-order valence-corrected chi connectivity index (χ2v) is 4.36. The number of hydrogen-bond acceptors (Lipinski definition) is 3. The molecule has 0 aliphatic heterocycles. The first-order valence-electron chi connectivity index (χ1n) is 6.19. The van der Waals surface area contributed by atoms with Crippen molar-refractivity contribution in [2.75, 3.05) is 5.32 Å². The monoisotopic (exact) mass is 250 g/mol. The van der Waals surface area contributed by atoms with Gasteiger partial charge in [-0.1, -0.05) is 30.3 Å². The van der Waals surface area contributed by atoms with Crippen LogP contribution in [0.15, 0.2) is 60.8 Å². The minimum absolute atomic E-state index is 0.265. The summed E-state index contributed by atoms with van der Waals surface area (Å²) >= 11 is 0. The van der Waals surface area contributed by atoms with Crippen molar-refractivity contribution in [3.63, 3.8) is 0 Å². The van der Waals surface area contributed by atoms with Gasteiger partial charge in [0.05, 0.1) is 11.2 Å². The number of hydrogen-bond donors (Lipinski definition) is 2. The molecule has 0 aliphatic rings. The number of anilines is 1. The van der Waals surface area contributed by atoms with Crippen molar-refractivity contribution in [1.29, 1.82) is 0 Å². The lowest BCUT2D eigenvalue weighted by Gasteiger charge is -2.10. The largest absolute Gasteiger partial charge is 0.506 e. The highest BCUT2D eigenvalue weighted by Crippen LogP contribution is 2.23. The third kappa shape index (κ3) is 2.36. The van der Waals surface area contributed by atoms with E-state index in [9.17, 15) is 5.11 Å². The Balaban J connectivity index is 1.88. The van der Waals surface area contributed by atoms with E-state index in [1.165, 1.54) is 0 Å². The summed E-state index contributed by atoms with van der Waals surface area (Å²) in [6.07, 6.45) is 1.81. The molecule has 0 bridgehead atoms. The number of benzene rings is 2. The number of para-hydroxylation sites is 3. The third-order valence-electron chi connectivity index (χ3n) is 3.11. The molecule has 0 unspecified atom stereocenters. The van der Waals surface area contributed by atoms with Gasteiger partial charge in [0.1, 0.15) is 5.75 Å². The fraction of sp³-hybridized carbons (Fsp3) is 0.0625. The van der Waals surface area contributed by atoms with Crippen molar-refractivity contribution in [3.05, 3.63) is 66.4 Å². The van der Waals surface area contributed by atoms with Crippen molar-refractivity contribution in [3.8, 4) is 5.75 Å². The van der Waals surface area contributed by atoms with Crippen LogP contribution in [0.4, 0.5) is 5.69 Å². The van der Waals surface area contributed by atoms with Crippen molar-refractivity contribution in [1.82, 2.24) is 4.98 Å². The Morgan fingerprint density at radius 2 is 1.74 bits per heavy atom. The number of pyridine rings is 1. The Kier molecular flexibility index (Phi) is 3.02. The number of aromatic hydroxyl groups is 1. The van der Waals surface area contributed by atoms with E-state index in [1.807, 2.05) is 48.7 Å². The van der Waals surface area contributed by atoms with E-state index in [4.69, 9.17) is 0 Å². The highest BCUT2D eigenvalue weighted by molar-refractivity contribution is 5.82. The van der Waals surface area contributed by atoms with Crippen LogP contribution in [0.3, 0.4) is 0 Å². The minimum atomic E-state index is 0.265. The smallest absolute Gasteiger partial charge is 0.138 e. The van der Waals surface area contributed by atoms with Crippen LogP contribution in [0.1, 0.15) is 5.56 Å². The molecule has 0 atom stereocenters. The molecule has 0 amide bonds. The molecule has 0 fully saturated rings. The number of nitrogens with zero attached hydrogens (tertiary/aromatic N) is 1. The Morgan fingerprint density at radius 1 is 0.947 bits per heavy atom. The van der Waals surface area contributed by atoms with Gasteiger partial charge < -0.3 is 10.4 Å². The van der Waals surface area contributed by atoms with E-state index in [0.717, 1.165) is 22.2 Å². The zero-order valence-corrected chi connectivity index (χ0v) is 10.4. The Bertz CT molecular complexity index is 704. The molecule has 3 aromatic rings. The van der Waals surface area contributed by atoms with Crippen LogP contribution in [0.2, 0.25) is 0 Å². The molecule has 94 valence electrons. The molecule has 19 heavy (non-hydrogen) atoms. The number of phenols is 1. The summed E-state index contributed by atoms with van der Waals surface area (Å²) in [4.78, 5) is 4.34. The maximum atomic E-state index is 9.73. The summed E-state index contributed by atoms with van der Waals surface area (Å²) in [5, 5.41) is 14.1. The molecule has 0 aliphatic carbocycles. The van der Waals surface area contributed by atoms with E-state index in [2.05, 4.69) is 16.4 Å². The maximum absolute atomic E-state index is 9.73. The molecule has 0 saturated heterocycles. The first-order chi connectivity index (χ1) is 9.34. The SMILES string of the molecule is Oc1ccccc1NCc1ccnc2ccccc12. The van der Waals surface area contributed by atoms with Gasteiger partial charge in [-0.05, 0) is 29.8 Å². The molecule has 0 saturated carbocycles. The van der Waals surface area contributed by atoms with Gasteiger partial charge >= 0.3 is 0 Å². The fourth-order valence-corrected chi connectivity index (χ4v) is 2.12. The Hall–Kier alpha value is -2.55. The van der Waals surface area contributed by atoms with E-state index < -0.39 is 0 Å². The van der Waals surface area contributed by atoms with Crippen LogP contribution in [0.5, 0.6) is 5.75 Å². The molecule has 1 aromatic heterocycles. The quantitative estimate of drug-likeness (QED) is 0.699. The van der Waals surface area contributed by atoms with Crippen molar-refractivity contribution in [2.45, 2.75) is 6.54 Å². The summed E-state index contributed by atoms with van der Waals surface area (Å²) in [5.41, 5.74) is 2.89. The van der Waals surface area contributed by atoms with Gasteiger partial charge in [-0.2, -0.15) is 0 Å². The van der Waals surface area contributed by atoms with Gasteiger partial charge in [0, 0.05) is 18.1 Å². The maximum Gasteiger partial charge on any atom is 0.138 e. The number of nitrogens with one attached hydrogen (secondary N) is 1. The molecule has 0 radical (unpaired) electrons. The fourth-order valence-electron chi connectivity index (χ4n) is 2.12. The Morgan fingerprint density at radius 3 is 2.63 bits per heavy atom. The van der Waals surface area contributed by atoms with Crippen LogP contribution in [-0.4, -0.2) is 10.1 Å². The summed E-state index contributed by atoms with van der Waals surface area (Å²) in [6, 6.07) is 17.3. The third-order valence-corrected chi connectivity index (χ3v) is 3.11. The van der Waals surface area contributed by atoms with Crippen LogP contribution in [0, 0.1) is 0 Å². The molecule has 1 heterocycles. The van der Waals surface area contributed by atoms with Crippen molar-refractivity contribution in [2.24, 2.45) is 0 Å². The standard InChI is InChI=1S/C16H14N2O/c19-16-8-4-3-7-15(16)18-11-12-9-10-17-14-6-2-1-5-13(12)14/h1-10,18-19H,11H2. The van der Waals surface area contributed by atoms with Crippen LogP contribution >= 0.6 is 0 Å². The second kappa shape index (κ2) is 4.98. The number of aromatic nitrogens is 1. The van der Waals surface area contributed by atoms with Gasteiger partial charge in [-0.3, -0.25) is 4.98 Å². The lowest BCUT2D eigenvalue weighted by molar-refractivity contribution is 0.477. The van der Waals surface area contributed by atoms with Crippen LogP contribution in [-0.2, 0) is 6.54 Å². The minimum Gasteiger partial charge on any atom is -0.506 e. The lowest BCUT2D eigenvalue weighted by atomic mass is 10.1. The topological polar surface area (TPSA) is 45.1 Å². The molecular formula is C16H14N2O. The molecule has 3 heteroatoms. The summed E-state index contributed by atoms with van der Waals surface area (Å²) in [7, 11) is 0. The van der Waals surface area contributed by atoms with E-state index in [1.54, 1.807) is 6.07 Å². The van der Waals surface area contributed by atoms with Crippen LogP contribution in [0.25, 0.3) is 10.9 Å². The second-order valence-electron chi connectivity index (χ2n) is 4.36. The van der Waals surface area contributed by atoms with E-state index in [0.29, 0.717) is 6.54 Å². The van der Waals surface area contributed by atoms with Gasteiger partial charge in [0.25, 0.3) is 0 Å². The number of fused-ring (bicyclic) bond motifs is 1. The zero-order valence-electron chi connectivity index (χ0n) is 10.4. The molecule has 3 rings (SSSR count). The zero-order chi connectivity index (χ0) is 13.1. The van der Waals surface area contributed by atoms with Crippen molar-refractivity contribution >= 4 is 16.6 Å². The summed E-state index contributed by atoms with van der Waals surface area (Å²) < 4.78 is 0. The average molecular weight is 250 g/mol. The highest BCUT2D eigenvalue weighted by Gasteiger charge is 2.03. The summed E-state index contributed by atoms with van der Waals surface area (Å²) in [5.74, 6) is 0.265. The first kappa shape index (κ1) is 11.5. The normalized spacial score (nSPS) is 10.5. The lowest BCUT2D eigenvalue weighted by Crippen LogP contribution is -2.00. The predicted octanol–water partition coefficient (Wildman–Crippen LogP) is 3.55.